The average molecular weight is 628 g/mol. The number of amides is 4. The Hall–Kier alpha value is -3.23. The van der Waals surface area contributed by atoms with Crippen LogP contribution in [0.3, 0.4) is 0 Å². The second-order valence-corrected chi connectivity index (χ2v) is 11.1. The molecule has 0 spiro atoms. The number of ether oxygens (including phenoxy) is 3. The summed E-state index contributed by atoms with van der Waals surface area (Å²) in [5, 5.41) is 3.00. The molecule has 3 fully saturated rings. The average Bonchev–Trinajstić information content (AvgIpc) is 3.72. The van der Waals surface area contributed by atoms with E-state index in [0.29, 0.717) is 41.8 Å². The summed E-state index contributed by atoms with van der Waals surface area (Å²) in [4.78, 5) is 67.6. The van der Waals surface area contributed by atoms with E-state index in [1.165, 1.54) is 11.0 Å². The second-order valence-electron chi connectivity index (χ2n) is 9.40. The zero-order valence-electron chi connectivity index (χ0n) is 21.8. The van der Waals surface area contributed by atoms with Gasteiger partial charge in [0, 0.05) is 17.9 Å². The minimum absolute atomic E-state index is 0. The van der Waals surface area contributed by atoms with Gasteiger partial charge in [0.05, 0.1) is 28.9 Å². The summed E-state index contributed by atoms with van der Waals surface area (Å²) in [6, 6.07) is 9.40. The number of benzene rings is 1. The molecule has 3 aliphatic heterocycles. The van der Waals surface area contributed by atoms with Gasteiger partial charge in [-0.25, -0.2) is 4.79 Å². The van der Waals surface area contributed by atoms with Gasteiger partial charge in [-0.2, -0.15) is 0 Å². The van der Waals surface area contributed by atoms with Crippen molar-refractivity contribution in [3.8, 4) is 0 Å². The Kier molecular flexibility index (Phi) is 10.2. The van der Waals surface area contributed by atoms with E-state index in [0.717, 1.165) is 22.7 Å². The number of hydrogen-bond donors (Lipinski definition) is 1. The molecule has 1 aromatic carbocycles. The molecule has 12 nitrogen and oxygen atoms in total. The monoisotopic (exact) mass is 626 g/mol. The topological polar surface area (TPSA) is 135 Å². The lowest BCUT2D eigenvalue weighted by Crippen LogP contribution is -2.45. The number of carbonyl (C=O) groups excluding carboxylic acids is 5. The quantitative estimate of drug-likeness (QED) is 0.438. The Morgan fingerprint density at radius 1 is 1.10 bits per heavy atom. The predicted octanol–water partition coefficient (Wildman–Crippen LogP) is 2.48. The van der Waals surface area contributed by atoms with E-state index in [1.807, 2.05) is 0 Å². The summed E-state index contributed by atoms with van der Waals surface area (Å²) in [6.45, 7) is 0.784. The van der Waals surface area contributed by atoms with Crippen molar-refractivity contribution in [1.82, 2.24) is 10.2 Å². The van der Waals surface area contributed by atoms with Gasteiger partial charge < -0.3 is 24.4 Å². The number of anilines is 2. The van der Waals surface area contributed by atoms with Crippen molar-refractivity contribution in [2.24, 2.45) is 0 Å². The summed E-state index contributed by atoms with van der Waals surface area (Å²) in [5.74, 6) is -2.08. The van der Waals surface area contributed by atoms with E-state index in [1.54, 1.807) is 35.2 Å². The van der Waals surface area contributed by atoms with Crippen molar-refractivity contribution in [3.05, 3.63) is 45.6 Å². The number of thiophene rings is 1. The molecule has 1 N–H and O–H groups in total. The van der Waals surface area contributed by atoms with E-state index in [2.05, 4.69) is 5.32 Å². The molecular weight excluding hydrogens is 599 g/mol. The van der Waals surface area contributed by atoms with Gasteiger partial charge in [0.1, 0.15) is 18.8 Å². The van der Waals surface area contributed by atoms with Gasteiger partial charge in [-0.05, 0) is 55.8 Å². The first-order valence-electron chi connectivity index (χ1n) is 12.8. The number of rotatable bonds is 8. The van der Waals surface area contributed by atoms with Crippen LogP contribution in [0, 0.1) is 0 Å². The maximum absolute atomic E-state index is 13.2. The number of imide groups is 1. The fourth-order valence-electron chi connectivity index (χ4n) is 4.69. The zero-order chi connectivity index (χ0) is 28.2. The van der Waals surface area contributed by atoms with E-state index in [9.17, 15) is 24.0 Å². The largest absolute Gasteiger partial charge is 0.454 e. The molecular formula is C26H28Cl2N4O8S. The normalized spacial score (nSPS) is 20.4. The van der Waals surface area contributed by atoms with Gasteiger partial charge in [-0.3, -0.25) is 29.0 Å². The summed E-state index contributed by atoms with van der Waals surface area (Å²) in [7, 11) is 0. The number of nitrogens with one attached hydrogen (secondary N) is 1. The minimum Gasteiger partial charge on any atom is -0.454 e. The molecule has 0 radical (unpaired) electrons. The van der Waals surface area contributed by atoms with Crippen LogP contribution in [0.25, 0.3) is 0 Å². The highest BCUT2D eigenvalue weighted by Crippen LogP contribution is 2.27. The molecule has 5 rings (SSSR count). The number of cyclic esters (lactones) is 1. The first kappa shape index (κ1) is 30.7. The molecule has 2 aromatic rings. The molecule has 0 aliphatic carbocycles. The van der Waals surface area contributed by atoms with Crippen LogP contribution in [0.2, 0.25) is 4.34 Å². The maximum atomic E-state index is 13.2. The van der Waals surface area contributed by atoms with Crippen molar-refractivity contribution in [3.63, 3.8) is 0 Å². The lowest BCUT2D eigenvalue weighted by Gasteiger charge is -2.27. The van der Waals surface area contributed by atoms with E-state index < -0.39 is 42.6 Å². The second kappa shape index (κ2) is 13.6. The lowest BCUT2D eigenvalue weighted by molar-refractivity contribution is -0.152. The van der Waals surface area contributed by atoms with Crippen LogP contribution < -0.4 is 15.1 Å². The Labute approximate surface area is 250 Å². The Bertz CT molecular complexity index is 1300. The molecule has 2 atom stereocenters. The predicted molar refractivity (Wildman–Crippen MR) is 152 cm³/mol. The molecule has 4 amide bonds. The molecule has 0 bridgehead atoms. The van der Waals surface area contributed by atoms with Crippen LogP contribution in [-0.2, 0) is 28.6 Å². The highest BCUT2D eigenvalue weighted by atomic mass is 35.5. The van der Waals surface area contributed by atoms with Crippen LogP contribution in [0.15, 0.2) is 36.4 Å². The smallest absolute Gasteiger partial charge is 0.414 e. The van der Waals surface area contributed by atoms with Gasteiger partial charge in [0.2, 0.25) is 0 Å². The number of esters is 1. The van der Waals surface area contributed by atoms with Gasteiger partial charge in [-0.15, -0.1) is 23.7 Å². The molecule has 0 saturated carbocycles. The minimum atomic E-state index is -0.830. The third kappa shape index (κ3) is 7.16. The molecule has 4 heterocycles. The summed E-state index contributed by atoms with van der Waals surface area (Å²) >= 11 is 7.00. The van der Waals surface area contributed by atoms with Crippen molar-refractivity contribution in [1.29, 1.82) is 0 Å². The summed E-state index contributed by atoms with van der Waals surface area (Å²) in [6.07, 6.45) is -0.0303. The number of halogens is 2. The molecule has 3 saturated heterocycles. The molecule has 0 unspecified atom stereocenters. The van der Waals surface area contributed by atoms with Crippen molar-refractivity contribution < 1.29 is 38.2 Å². The standard InChI is InChI=1S/C26H27ClN4O8S.ClH/c27-21-8-7-20(40-21)24(34)31(23(33)15-38-25(35)19-2-1-9-28-19)13-18-12-30(26(36)39-18)17-5-3-16(4-6-17)29-10-11-37-14-22(29)32;/h3-8,18-19,28H,1-2,9-15H2;1H/t18-,19+;/m1./s1. The fraction of sp³-hybridized carbons (Fsp3) is 0.423. The zero-order valence-corrected chi connectivity index (χ0v) is 24.2. The Balaban J connectivity index is 0.00000387. The number of carbonyl (C=O) groups is 5. The SMILES string of the molecule is Cl.O=C(OCC(=O)N(C[C@H]1CN(c2ccc(N3CCOCC3=O)cc2)C(=O)O1)C(=O)c1ccc(Cl)s1)[C@@H]1CCCN1. The highest BCUT2D eigenvalue weighted by Gasteiger charge is 2.37. The first-order valence-corrected chi connectivity index (χ1v) is 14.0. The first-order chi connectivity index (χ1) is 19.3. The molecule has 220 valence electrons. The molecule has 1 aromatic heterocycles. The van der Waals surface area contributed by atoms with Crippen molar-refractivity contribution in [2.45, 2.75) is 25.0 Å². The van der Waals surface area contributed by atoms with Gasteiger partial charge in [-0.1, -0.05) is 11.6 Å². The van der Waals surface area contributed by atoms with Crippen LogP contribution >= 0.6 is 35.3 Å². The fourth-order valence-corrected chi connectivity index (χ4v) is 5.68. The summed E-state index contributed by atoms with van der Waals surface area (Å²) < 4.78 is 16.2. The molecule has 3 aliphatic rings. The van der Waals surface area contributed by atoms with Gasteiger partial charge in [0.25, 0.3) is 17.7 Å². The number of morpholine rings is 1. The Morgan fingerprint density at radius 3 is 2.46 bits per heavy atom. The number of hydrogen-bond acceptors (Lipinski definition) is 10. The maximum Gasteiger partial charge on any atom is 0.414 e. The lowest BCUT2D eigenvalue weighted by atomic mass is 10.2. The van der Waals surface area contributed by atoms with Crippen LogP contribution in [0.5, 0.6) is 0 Å². The van der Waals surface area contributed by atoms with Gasteiger partial charge >= 0.3 is 12.1 Å². The third-order valence-electron chi connectivity index (χ3n) is 6.73. The van der Waals surface area contributed by atoms with E-state index in [4.69, 9.17) is 25.8 Å². The highest BCUT2D eigenvalue weighted by molar-refractivity contribution is 7.18. The number of nitrogens with zero attached hydrogens (tertiary/aromatic N) is 3. The van der Waals surface area contributed by atoms with E-state index in [-0.39, 0.29) is 42.9 Å². The van der Waals surface area contributed by atoms with E-state index >= 15 is 0 Å². The molecule has 41 heavy (non-hydrogen) atoms. The van der Waals surface area contributed by atoms with Crippen LogP contribution in [-0.4, -0.2) is 92.8 Å². The Morgan fingerprint density at radius 2 is 1.83 bits per heavy atom. The van der Waals surface area contributed by atoms with Crippen LogP contribution in [0.1, 0.15) is 22.5 Å². The van der Waals surface area contributed by atoms with Crippen molar-refractivity contribution in [2.75, 3.05) is 55.8 Å². The van der Waals surface area contributed by atoms with Gasteiger partial charge in [0.15, 0.2) is 6.61 Å². The van der Waals surface area contributed by atoms with Crippen LogP contribution in [0.4, 0.5) is 16.2 Å². The summed E-state index contributed by atoms with van der Waals surface area (Å²) in [5.41, 5.74) is 1.21. The van der Waals surface area contributed by atoms with Crippen molar-refractivity contribution >= 4 is 76.5 Å². The molecule has 15 heteroatoms. The third-order valence-corrected chi connectivity index (χ3v) is 7.95.